The van der Waals surface area contributed by atoms with Crippen LogP contribution in [0.25, 0.3) is 0 Å². The highest BCUT2D eigenvalue weighted by Gasteiger charge is 2.09. The van der Waals surface area contributed by atoms with E-state index in [9.17, 15) is 23.8 Å². The molecule has 0 aromatic rings. The molecular formula is C16H27O6P2-3. The van der Waals surface area contributed by atoms with Gasteiger partial charge in [0.15, 0.2) is 0 Å². The van der Waals surface area contributed by atoms with Gasteiger partial charge in [-0.3, -0.25) is 0 Å². The predicted molar refractivity (Wildman–Crippen MR) is 91.4 cm³/mol. The summed E-state index contributed by atoms with van der Waals surface area (Å²) in [5.41, 5.74) is 3.56. The van der Waals surface area contributed by atoms with E-state index in [1.807, 2.05) is 6.92 Å². The fourth-order valence-corrected chi connectivity index (χ4v) is 4.21. The topological polar surface area (TPSA) is 113 Å². The molecule has 6 nitrogen and oxygen atoms in total. The van der Waals surface area contributed by atoms with Crippen LogP contribution in [0, 0.1) is 0 Å². The third kappa shape index (κ3) is 15.1. The summed E-state index contributed by atoms with van der Waals surface area (Å²) in [5.74, 6) is -1.49. The van der Waals surface area contributed by atoms with Gasteiger partial charge in [0, 0.05) is 5.90 Å². The molecule has 0 aliphatic rings. The maximum Gasteiger partial charge on any atom is 0.140 e. The van der Waals surface area contributed by atoms with Crippen LogP contribution in [0.4, 0.5) is 0 Å². The number of hydrogen-bond acceptors (Lipinski definition) is 6. The van der Waals surface area contributed by atoms with Crippen LogP contribution in [0.2, 0.25) is 0 Å². The van der Waals surface area contributed by atoms with Gasteiger partial charge in [0.25, 0.3) is 0 Å². The second-order valence-electron chi connectivity index (χ2n) is 6.12. The fraction of sp³-hybridized carbons (Fsp3) is 0.625. The molecule has 24 heavy (non-hydrogen) atoms. The molecule has 140 valence electrons. The zero-order chi connectivity index (χ0) is 18.8. The number of hydrogen-bond donors (Lipinski definition) is 0. The molecule has 0 saturated heterocycles. The van der Waals surface area contributed by atoms with E-state index in [0.29, 0.717) is 0 Å². The number of allylic oxidation sites excluding steroid dienone is 5. The Balaban J connectivity index is 4.18. The van der Waals surface area contributed by atoms with Crippen molar-refractivity contribution < 1.29 is 28.3 Å². The average Bonchev–Trinajstić information content (AvgIpc) is 2.34. The van der Waals surface area contributed by atoms with Crippen LogP contribution < -0.4 is 14.7 Å². The van der Waals surface area contributed by atoms with Gasteiger partial charge in [-0.1, -0.05) is 42.5 Å². The van der Waals surface area contributed by atoms with Crippen molar-refractivity contribution in [1.82, 2.24) is 0 Å². The van der Waals surface area contributed by atoms with Gasteiger partial charge in [-0.25, -0.2) is 0 Å². The van der Waals surface area contributed by atoms with Crippen LogP contribution in [0.1, 0.15) is 53.4 Å². The Morgan fingerprint density at radius 1 is 0.875 bits per heavy atom. The summed E-state index contributed by atoms with van der Waals surface area (Å²) in [4.78, 5) is 32.2. The van der Waals surface area contributed by atoms with Crippen molar-refractivity contribution in [1.29, 1.82) is 0 Å². The second kappa shape index (κ2) is 11.2. The Bertz CT molecular complexity index is 567. The summed E-state index contributed by atoms with van der Waals surface area (Å²) < 4.78 is 26.2. The maximum atomic E-state index is 11.3. The van der Waals surface area contributed by atoms with Gasteiger partial charge in [-0.2, -0.15) is 0 Å². The van der Waals surface area contributed by atoms with E-state index in [0.717, 1.165) is 31.3 Å². The van der Waals surface area contributed by atoms with E-state index >= 15 is 0 Å². The van der Waals surface area contributed by atoms with Crippen molar-refractivity contribution in [3.63, 3.8) is 0 Å². The smallest absolute Gasteiger partial charge is 0.140 e. The quantitative estimate of drug-likeness (QED) is 0.404. The molecule has 0 bridgehead atoms. The standard InChI is InChI=1S/C16H30O6P2/c1-14(2)7-5-8-15(3)9-6-10-16(4)11-12-22-24(20,21)13-23(17,18)19/h7,9,11H,5-6,8,10,12-13H2,1-4H3,(H,20,21)(H2,17,18,19)/p-3/b15-9+,16-11+. The molecule has 0 amide bonds. The normalized spacial score (nSPS) is 16.0. The van der Waals surface area contributed by atoms with Crippen molar-refractivity contribution in [3.05, 3.63) is 34.9 Å². The SMILES string of the molecule is CC(C)=CCC/C(C)=C/CC/C(C)=C/COP(=O)([O-])CP(=O)([O-])[O-]. The molecule has 0 N–H and O–H groups in total. The molecule has 0 aliphatic carbocycles. The van der Waals surface area contributed by atoms with Gasteiger partial charge in [0.2, 0.25) is 0 Å². The first kappa shape index (κ1) is 23.5. The van der Waals surface area contributed by atoms with Crippen molar-refractivity contribution in [2.24, 2.45) is 0 Å². The maximum absolute atomic E-state index is 11.3. The molecule has 0 heterocycles. The Labute approximate surface area is 145 Å². The van der Waals surface area contributed by atoms with Gasteiger partial charge in [-0.05, 0) is 53.4 Å². The summed E-state index contributed by atoms with van der Waals surface area (Å²) in [6.45, 7) is 7.82. The van der Waals surface area contributed by atoms with Crippen molar-refractivity contribution in [2.45, 2.75) is 53.4 Å². The molecule has 0 radical (unpaired) electrons. The highest BCUT2D eigenvalue weighted by atomic mass is 31.2. The number of rotatable bonds is 11. The van der Waals surface area contributed by atoms with Crippen molar-refractivity contribution in [2.75, 3.05) is 12.5 Å². The molecule has 0 rings (SSSR count). The zero-order valence-corrected chi connectivity index (χ0v) is 16.6. The van der Waals surface area contributed by atoms with E-state index in [1.165, 1.54) is 11.1 Å². The lowest BCUT2D eigenvalue weighted by Crippen LogP contribution is -2.21. The summed E-state index contributed by atoms with van der Waals surface area (Å²) in [5, 5.41) is 0. The molecule has 0 aromatic heterocycles. The first-order valence-corrected chi connectivity index (χ1v) is 11.3. The van der Waals surface area contributed by atoms with E-state index < -0.39 is 21.1 Å². The van der Waals surface area contributed by atoms with Crippen LogP contribution in [0.5, 0.6) is 0 Å². The minimum Gasteiger partial charge on any atom is -0.810 e. The molecule has 8 heteroatoms. The molecular weight excluding hydrogens is 350 g/mol. The predicted octanol–water partition coefficient (Wildman–Crippen LogP) is 2.85. The van der Waals surface area contributed by atoms with Gasteiger partial charge in [0.1, 0.15) is 7.60 Å². The molecule has 0 spiro atoms. The van der Waals surface area contributed by atoms with Crippen molar-refractivity contribution in [3.8, 4) is 0 Å². The summed E-state index contributed by atoms with van der Waals surface area (Å²) in [6, 6.07) is 0. The van der Waals surface area contributed by atoms with Gasteiger partial charge < -0.3 is 28.3 Å². The van der Waals surface area contributed by atoms with Gasteiger partial charge in [0.05, 0.1) is 6.61 Å². The summed E-state index contributed by atoms with van der Waals surface area (Å²) in [6.07, 6.45) is 9.57. The lowest BCUT2D eigenvalue weighted by molar-refractivity contribution is -0.313. The lowest BCUT2D eigenvalue weighted by Gasteiger charge is -2.35. The lowest BCUT2D eigenvalue weighted by atomic mass is 10.1. The van der Waals surface area contributed by atoms with E-state index in [1.54, 1.807) is 6.08 Å². The van der Waals surface area contributed by atoms with Crippen LogP contribution in [-0.2, 0) is 13.7 Å². The molecule has 0 saturated carbocycles. The summed E-state index contributed by atoms with van der Waals surface area (Å²) in [7, 11) is -9.76. The van der Waals surface area contributed by atoms with Crippen LogP contribution in [0.3, 0.4) is 0 Å². The third-order valence-corrected chi connectivity index (χ3v) is 6.49. The molecule has 0 aromatic carbocycles. The molecule has 1 atom stereocenters. The Morgan fingerprint density at radius 3 is 1.88 bits per heavy atom. The Hall–Kier alpha value is -0.480. The fourth-order valence-electron chi connectivity index (χ4n) is 1.88. The molecule has 1 unspecified atom stereocenters. The monoisotopic (exact) mass is 377 g/mol. The average molecular weight is 377 g/mol. The Kier molecular flexibility index (Phi) is 11.0. The van der Waals surface area contributed by atoms with E-state index in [-0.39, 0.29) is 6.61 Å². The van der Waals surface area contributed by atoms with Crippen molar-refractivity contribution >= 4 is 15.2 Å². The second-order valence-corrected chi connectivity index (χ2v) is 9.95. The third-order valence-electron chi connectivity index (χ3n) is 3.17. The molecule has 0 fully saturated rings. The highest BCUT2D eigenvalue weighted by molar-refractivity contribution is 7.67. The summed E-state index contributed by atoms with van der Waals surface area (Å²) >= 11 is 0. The van der Waals surface area contributed by atoms with E-state index in [4.69, 9.17) is 0 Å². The van der Waals surface area contributed by atoms with Gasteiger partial charge in [-0.15, -0.1) is 0 Å². The zero-order valence-electron chi connectivity index (χ0n) is 14.8. The minimum atomic E-state index is -5.13. The minimum absolute atomic E-state index is 0.254. The first-order valence-electron chi connectivity index (χ1n) is 7.81. The molecule has 0 aliphatic heterocycles. The van der Waals surface area contributed by atoms with Crippen LogP contribution in [-0.4, -0.2) is 12.5 Å². The van der Waals surface area contributed by atoms with Crippen LogP contribution in [0.15, 0.2) is 34.9 Å². The largest absolute Gasteiger partial charge is 0.810 e. The highest BCUT2D eigenvalue weighted by Crippen LogP contribution is 2.47. The Morgan fingerprint density at radius 2 is 1.38 bits per heavy atom. The van der Waals surface area contributed by atoms with Gasteiger partial charge >= 0.3 is 0 Å². The van der Waals surface area contributed by atoms with Crippen LogP contribution >= 0.6 is 15.2 Å². The first-order chi connectivity index (χ1) is 10.9. The van der Waals surface area contributed by atoms with E-state index in [2.05, 4.69) is 37.4 Å².